The van der Waals surface area contributed by atoms with Crippen LogP contribution >= 0.6 is 0 Å². The summed E-state index contributed by atoms with van der Waals surface area (Å²) >= 11 is 0. The summed E-state index contributed by atoms with van der Waals surface area (Å²) in [6.07, 6.45) is 87.0. The Labute approximate surface area is 501 Å². The van der Waals surface area contributed by atoms with Gasteiger partial charge in [-0.1, -0.05) is 373 Å². The van der Waals surface area contributed by atoms with E-state index in [0.29, 0.717) is 25.9 Å². The summed E-state index contributed by atoms with van der Waals surface area (Å²) in [5.41, 5.74) is 0. The molecule has 0 bridgehead atoms. The molecule has 3 N–H and O–H groups in total. The average molecular weight is 1130 g/mol. The molecule has 0 spiro atoms. The van der Waals surface area contributed by atoms with Crippen molar-refractivity contribution in [1.82, 2.24) is 5.32 Å². The molecule has 0 radical (unpaired) electrons. The van der Waals surface area contributed by atoms with E-state index in [1.165, 1.54) is 353 Å². The van der Waals surface area contributed by atoms with Gasteiger partial charge in [0.05, 0.1) is 25.4 Å². The molecule has 1 amide bonds. The Hall–Kier alpha value is -1.40. The van der Waals surface area contributed by atoms with Gasteiger partial charge in [0, 0.05) is 12.8 Å². The molecule has 6 nitrogen and oxygen atoms in total. The third-order valence-corrected chi connectivity index (χ3v) is 17.6. The minimum atomic E-state index is -0.665. The maximum absolute atomic E-state index is 12.6. The number of carbonyl (C=O) groups excluding carboxylic acids is 2. The predicted octanol–water partition coefficient (Wildman–Crippen LogP) is 23.9. The van der Waals surface area contributed by atoms with Crippen molar-refractivity contribution in [2.45, 2.75) is 437 Å². The standard InChI is InChI=1S/C74H145NO5/c1-3-5-7-9-11-13-15-16-17-18-19-20-21-28-31-34-37-40-43-47-50-54-58-62-66-72(77)71(70-76)75-73(78)67-63-59-55-51-48-44-41-38-35-32-29-26-24-22-23-25-27-30-33-36-39-42-45-49-53-57-61-65-69-80-74(79)68-64-60-56-52-46-14-12-10-8-6-4-2/h22-23,71-72,76-77H,3-21,24-70H2,1-2H3,(H,75,78)/b23-22-. The molecule has 0 aromatic rings. The highest BCUT2D eigenvalue weighted by atomic mass is 16.5. The molecular weight excluding hydrogens is 983 g/mol. The first-order chi connectivity index (χ1) is 39.5. The van der Waals surface area contributed by atoms with Gasteiger partial charge >= 0.3 is 5.97 Å². The van der Waals surface area contributed by atoms with Gasteiger partial charge < -0.3 is 20.3 Å². The lowest BCUT2D eigenvalue weighted by molar-refractivity contribution is -0.143. The molecule has 2 unspecified atom stereocenters. The third kappa shape index (κ3) is 65.7. The lowest BCUT2D eigenvalue weighted by Crippen LogP contribution is -2.45. The summed E-state index contributed by atoms with van der Waals surface area (Å²) in [6.45, 7) is 5.00. The smallest absolute Gasteiger partial charge is 0.305 e. The van der Waals surface area contributed by atoms with Crippen LogP contribution in [0.5, 0.6) is 0 Å². The highest BCUT2D eigenvalue weighted by Crippen LogP contribution is 2.20. The number of carbonyl (C=O) groups is 2. The molecular formula is C74H145NO5. The Morgan fingerprint density at radius 1 is 0.338 bits per heavy atom. The first kappa shape index (κ1) is 78.6. The van der Waals surface area contributed by atoms with E-state index in [2.05, 4.69) is 31.3 Å². The van der Waals surface area contributed by atoms with E-state index in [9.17, 15) is 19.8 Å². The monoisotopic (exact) mass is 1130 g/mol. The summed E-state index contributed by atoms with van der Waals surface area (Å²) < 4.78 is 5.48. The van der Waals surface area contributed by atoms with Crippen LogP contribution in [0.2, 0.25) is 0 Å². The van der Waals surface area contributed by atoms with Crippen LogP contribution in [0, 0.1) is 0 Å². The summed E-state index contributed by atoms with van der Waals surface area (Å²) in [4.78, 5) is 24.6. The van der Waals surface area contributed by atoms with Gasteiger partial charge in [0.1, 0.15) is 0 Å². The normalized spacial score (nSPS) is 12.5. The van der Waals surface area contributed by atoms with Crippen molar-refractivity contribution in [3.05, 3.63) is 12.2 Å². The largest absolute Gasteiger partial charge is 0.466 e. The van der Waals surface area contributed by atoms with E-state index in [1.807, 2.05) is 0 Å². The zero-order valence-corrected chi connectivity index (χ0v) is 54.6. The third-order valence-electron chi connectivity index (χ3n) is 17.6. The fourth-order valence-corrected chi connectivity index (χ4v) is 11.9. The molecule has 0 aliphatic heterocycles. The maximum atomic E-state index is 12.6. The second kappa shape index (κ2) is 70.1. The highest BCUT2D eigenvalue weighted by molar-refractivity contribution is 5.76. The van der Waals surface area contributed by atoms with Crippen LogP contribution < -0.4 is 5.32 Å². The summed E-state index contributed by atoms with van der Waals surface area (Å²) in [6, 6.07) is -0.542. The number of amides is 1. The minimum absolute atomic E-state index is 0.0166. The lowest BCUT2D eigenvalue weighted by Gasteiger charge is -2.22. The number of allylic oxidation sites excluding steroid dienone is 2. The van der Waals surface area contributed by atoms with E-state index < -0.39 is 12.1 Å². The molecule has 0 saturated heterocycles. The zero-order valence-electron chi connectivity index (χ0n) is 54.6. The number of ether oxygens (including phenoxy) is 1. The predicted molar refractivity (Wildman–Crippen MR) is 352 cm³/mol. The van der Waals surface area contributed by atoms with Gasteiger partial charge in [-0.3, -0.25) is 9.59 Å². The number of esters is 1. The van der Waals surface area contributed by atoms with Crippen molar-refractivity contribution < 1.29 is 24.5 Å². The van der Waals surface area contributed by atoms with Crippen LogP contribution in [0.1, 0.15) is 425 Å². The molecule has 0 aromatic carbocycles. The molecule has 2 atom stereocenters. The Kier molecular flexibility index (Phi) is 68.9. The van der Waals surface area contributed by atoms with E-state index in [1.54, 1.807) is 0 Å². The Balaban J connectivity index is 3.38. The second-order valence-electron chi connectivity index (χ2n) is 25.6. The number of aliphatic hydroxyl groups is 2. The van der Waals surface area contributed by atoms with Gasteiger partial charge in [-0.25, -0.2) is 0 Å². The van der Waals surface area contributed by atoms with Crippen molar-refractivity contribution in [3.8, 4) is 0 Å². The average Bonchev–Trinajstić information content (AvgIpc) is 3.46. The van der Waals surface area contributed by atoms with Gasteiger partial charge in [0.2, 0.25) is 5.91 Å². The molecule has 0 aliphatic carbocycles. The molecule has 476 valence electrons. The molecule has 0 aliphatic rings. The Morgan fingerprint density at radius 2 is 0.588 bits per heavy atom. The van der Waals surface area contributed by atoms with Crippen LogP contribution in [0.4, 0.5) is 0 Å². The Morgan fingerprint density at radius 3 is 0.887 bits per heavy atom. The number of aliphatic hydroxyl groups excluding tert-OH is 2. The van der Waals surface area contributed by atoms with E-state index in [4.69, 9.17) is 4.74 Å². The maximum Gasteiger partial charge on any atom is 0.305 e. The van der Waals surface area contributed by atoms with Crippen LogP contribution in [0.25, 0.3) is 0 Å². The van der Waals surface area contributed by atoms with E-state index >= 15 is 0 Å². The molecule has 0 fully saturated rings. The molecule has 6 heteroatoms. The van der Waals surface area contributed by atoms with Gasteiger partial charge in [0.25, 0.3) is 0 Å². The number of hydrogen-bond donors (Lipinski definition) is 3. The van der Waals surface area contributed by atoms with Crippen LogP contribution in [-0.4, -0.2) is 47.4 Å². The van der Waals surface area contributed by atoms with Crippen molar-refractivity contribution in [2.24, 2.45) is 0 Å². The molecule has 0 rings (SSSR count). The zero-order chi connectivity index (χ0) is 57.8. The quantitative estimate of drug-likeness (QED) is 0.0320. The fourth-order valence-electron chi connectivity index (χ4n) is 11.9. The first-order valence-electron chi connectivity index (χ1n) is 36.9. The summed E-state index contributed by atoms with van der Waals surface area (Å²) in [5.74, 6) is -0.0126. The topological polar surface area (TPSA) is 95.9 Å². The molecule has 0 heterocycles. The first-order valence-corrected chi connectivity index (χ1v) is 36.9. The summed E-state index contributed by atoms with van der Waals surface area (Å²) in [5, 5.41) is 23.5. The van der Waals surface area contributed by atoms with E-state index in [-0.39, 0.29) is 18.5 Å². The van der Waals surface area contributed by atoms with Crippen LogP contribution in [0.3, 0.4) is 0 Å². The van der Waals surface area contributed by atoms with Gasteiger partial charge in [0.15, 0.2) is 0 Å². The van der Waals surface area contributed by atoms with Crippen LogP contribution in [0.15, 0.2) is 12.2 Å². The van der Waals surface area contributed by atoms with Gasteiger partial charge in [-0.15, -0.1) is 0 Å². The van der Waals surface area contributed by atoms with E-state index in [0.717, 1.165) is 38.5 Å². The molecule has 0 aromatic heterocycles. The Bertz CT molecular complexity index is 1210. The summed E-state index contributed by atoms with van der Waals surface area (Å²) in [7, 11) is 0. The number of unbranched alkanes of at least 4 members (excludes halogenated alkanes) is 57. The second-order valence-corrected chi connectivity index (χ2v) is 25.6. The van der Waals surface area contributed by atoms with Gasteiger partial charge in [-0.05, 0) is 51.4 Å². The SMILES string of the molecule is CCCCCCCCCCCCCCCCCCCCCCCCCCC(O)C(CO)NC(=O)CCCCCCCCCCCCCC/C=C\CCCCCCCCCCCCCCOC(=O)CCCCCCCCCCCCC. The van der Waals surface area contributed by atoms with Crippen LogP contribution in [-0.2, 0) is 14.3 Å². The van der Waals surface area contributed by atoms with Crippen molar-refractivity contribution in [3.63, 3.8) is 0 Å². The lowest BCUT2D eigenvalue weighted by atomic mass is 10.0. The number of hydrogen-bond acceptors (Lipinski definition) is 5. The number of rotatable bonds is 70. The van der Waals surface area contributed by atoms with Crippen molar-refractivity contribution >= 4 is 11.9 Å². The minimum Gasteiger partial charge on any atom is -0.466 e. The van der Waals surface area contributed by atoms with Crippen molar-refractivity contribution in [2.75, 3.05) is 13.2 Å². The number of nitrogens with one attached hydrogen (secondary N) is 1. The molecule has 80 heavy (non-hydrogen) atoms. The highest BCUT2D eigenvalue weighted by Gasteiger charge is 2.20. The fraction of sp³-hybridized carbons (Fsp3) is 0.946. The molecule has 0 saturated carbocycles. The van der Waals surface area contributed by atoms with Gasteiger partial charge in [-0.2, -0.15) is 0 Å². The van der Waals surface area contributed by atoms with Crippen molar-refractivity contribution in [1.29, 1.82) is 0 Å².